The minimum Gasteiger partial charge on any atom is -0.227 e. The lowest BCUT2D eigenvalue weighted by atomic mass is 10.1. The molecule has 0 amide bonds. The highest BCUT2D eigenvalue weighted by atomic mass is 79.9. The number of hydrogen-bond acceptors (Lipinski definition) is 0. The molecule has 3 aromatic rings. The molecule has 0 atom stereocenters. The average molecular weight is 517 g/mol. The van der Waals surface area contributed by atoms with Crippen molar-refractivity contribution in [1.82, 2.24) is 4.57 Å². The van der Waals surface area contributed by atoms with Gasteiger partial charge in [-0.3, -0.25) is 0 Å². The maximum absolute atomic E-state index is 13.2. The van der Waals surface area contributed by atoms with Gasteiger partial charge in [0.05, 0.1) is 12.1 Å². The molecule has 0 aliphatic carbocycles. The van der Waals surface area contributed by atoms with Crippen LogP contribution in [0.5, 0.6) is 0 Å². The predicted octanol–water partition coefficient (Wildman–Crippen LogP) is 6.52. The highest BCUT2D eigenvalue weighted by Crippen LogP contribution is 2.31. The molecule has 1 aliphatic heterocycles. The lowest BCUT2D eigenvalue weighted by Crippen LogP contribution is -2.38. The molecule has 1 aromatic heterocycles. The Morgan fingerprint density at radius 3 is 2.43 bits per heavy atom. The number of imidazole rings is 1. The summed E-state index contributed by atoms with van der Waals surface area (Å²) >= 11 is 3.46. The maximum Gasteiger partial charge on any atom is 0.416 e. The second-order valence-electron chi connectivity index (χ2n) is 6.82. The van der Waals surface area contributed by atoms with Crippen LogP contribution in [0.4, 0.5) is 13.2 Å². The second kappa shape index (κ2) is 8.41. The van der Waals surface area contributed by atoms with Gasteiger partial charge in [-0.25, -0.2) is 4.57 Å². The van der Waals surface area contributed by atoms with Crippen LogP contribution in [0.15, 0.2) is 59.2 Å². The minimum absolute atomic E-state index is 0. The lowest BCUT2D eigenvalue weighted by molar-refractivity contribution is -0.692. The molecule has 0 saturated carbocycles. The number of hydrogen-bond donors (Lipinski definition) is 0. The molecule has 148 valence electrons. The standard InChI is InChI=1S/C21H19BrF3N2.BrH/c22-17-10-8-15(9-11-17)19-14-27(20-7-2-1-3-12-26(19)20)18-6-4-5-16(13-18)21(23,24)25;/h4-6,8-11,13-14H,1-3,7,12H2;1H/q+1;. The lowest BCUT2D eigenvalue weighted by Gasteiger charge is -2.08. The van der Waals surface area contributed by atoms with Crippen molar-refractivity contribution in [2.24, 2.45) is 0 Å². The summed E-state index contributed by atoms with van der Waals surface area (Å²) in [6, 6.07) is 13.6. The van der Waals surface area contributed by atoms with Gasteiger partial charge in [0.25, 0.3) is 5.82 Å². The highest BCUT2D eigenvalue weighted by molar-refractivity contribution is 9.10. The van der Waals surface area contributed by atoms with E-state index in [9.17, 15) is 13.2 Å². The van der Waals surface area contributed by atoms with Gasteiger partial charge in [0, 0.05) is 16.5 Å². The van der Waals surface area contributed by atoms with Crippen molar-refractivity contribution in [2.75, 3.05) is 0 Å². The maximum atomic E-state index is 13.2. The van der Waals surface area contributed by atoms with Gasteiger partial charge in [-0.05, 0) is 61.7 Å². The quantitative estimate of drug-likeness (QED) is 0.343. The highest BCUT2D eigenvalue weighted by Gasteiger charge is 2.32. The molecular weight excluding hydrogens is 497 g/mol. The van der Waals surface area contributed by atoms with E-state index < -0.39 is 11.7 Å². The molecule has 2 nitrogen and oxygen atoms in total. The summed E-state index contributed by atoms with van der Waals surface area (Å²) in [6.07, 6.45) is 1.73. The van der Waals surface area contributed by atoms with Crippen LogP contribution in [0, 0.1) is 0 Å². The Morgan fingerprint density at radius 2 is 1.71 bits per heavy atom. The monoisotopic (exact) mass is 515 g/mol. The summed E-state index contributed by atoms with van der Waals surface area (Å²) < 4.78 is 44.7. The van der Waals surface area contributed by atoms with Crippen LogP contribution in [0.1, 0.15) is 30.7 Å². The van der Waals surface area contributed by atoms with Crippen molar-refractivity contribution in [1.29, 1.82) is 0 Å². The first-order valence-electron chi connectivity index (χ1n) is 9.01. The first-order chi connectivity index (χ1) is 12.9. The number of benzene rings is 2. The van der Waals surface area contributed by atoms with Crippen molar-refractivity contribution in [3.63, 3.8) is 0 Å². The van der Waals surface area contributed by atoms with E-state index in [4.69, 9.17) is 0 Å². The van der Waals surface area contributed by atoms with Gasteiger partial charge < -0.3 is 0 Å². The third kappa shape index (κ3) is 4.20. The normalized spacial score (nSPS) is 14.1. The Bertz CT molecular complexity index is 963. The van der Waals surface area contributed by atoms with Crippen molar-refractivity contribution in [3.8, 4) is 16.9 Å². The molecule has 28 heavy (non-hydrogen) atoms. The summed E-state index contributed by atoms with van der Waals surface area (Å²) in [6.45, 7) is 0.882. The van der Waals surface area contributed by atoms with Crippen molar-refractivity contribution < 1.29 is 17.7 Å². The van der Waals surface area contributed by atoms with Gasteiger partial charge in [-0.15, -0.1) is 17.0 Å². The summed E-state index contributed by atoms with van der Waals surface area (Å²) in [5, 5.41) is 0. The zero-order valence-corrected chi connectivity index (χ0v) is 18.3. The van der Waals surface area contributed by atoms with E-state index in [0.29, 0.717) is 5.69 Å². The van der Waals surface area contributed by atoms with Crippen LogP contribution >= 0.6 is 32.9 Å². The van der Waals surface area contributed by atoms with E-state index >= 15 is 0 Å². The number of nitrogens with zero attached hydrogens (tertiary/aromatic N) is 2. The molecule has 0 unspecified atom stereocenters. The summed E-state index contributed by atoms with van der Waals surface area (Å²) in [5.74, 6) is 1.06. The largest absolute Gasteiger partial charge is 0.416 e. The van der Waals surface area contributed by atoms with E-state index in [1.807, 2.05) is 35.0 Å². The molecular formula is C21H20Br2F3N2+. The van der Waals surface area contributed by atoms with Crippen molar-refractivity contribution in [2.45, 2.75) is 38.4 Å². The molecule has 1 aliphatic rings. The van der Waals surface area contributed by atoms with Crippen LogP contribution < -0.4 is 4.57 Å². The number of fused-ring (bicyclic) bond motifs is 1. The first-order valence-corrected chi connectivity index (χ1v) is 9.80. The van der Waals surface area contributed by atoms with Crippen LogP contribution in [-0.4, -0.2) is 4.57 Å². The van der Waals surface area contributed by atoms with E-state index in [1.54, 1.807) is 6.07 Å². The zero-order valence-electron chi connectivity index (χ0n) is 15.0. The molecule has 4 rings (SSSR count). The van der Waals surface area contributed by atoms with Gasteiger partial charge in [0.15, 0.2) is 5.69 Å². The SMILES string of the molecule is Br.FC(F)(F)c1cccc(-n2cc(-c3ccc(Br)cc3)[n+]3c2CCCCC3)c1. The van der Waals surface area contributed by atoms with Crippen LogP contribution in [-0.2, 0) is 19.1 Å². The molecule has 7 heteroatoms. The molecule has 0 fully saturated rings. The summed E-state index contributed by atoms with van der Waals surface area (Å²) in [5.41, 5.74) is 2.04. The van der Waals surface area contributed by atoms with E-state index in [1.165, 1.54) is 12.1 Å². The zero-order chi connectivity index (χ0) is 19.0. The van der Waals surface area contributed by atoms with Crippen LogP contribution in [0.25, 0.3) is 16.9 Å². The third-order valence-electron chi connectivity index (χ3n) is 5.01. The first kappa shape index (κ1) is 21.1. The molecule has 0 bridgehead atoms. The summed E-state index contributed by atoms with van der Waals surface area (Å²) in [7, 11) is 0. The fourth-order valence-corrected chi connectivity index (χ4v) is 3.94. The second-order valence-corrected chi connectivity index (χ2v) is 7.73. The van der Waals surface area contributed by atoms with Gasteiger partial charge in [-0.2, -0.15) is 17.7 Å². The Kier molecular flexibility index (Phi) is 6.34. The average Bonchev–Trinajstić information content (AvgIpc) is 2.83. The number of alkyl halides is 3. The number of rotatable bonds is 2. The van der Waals surface area contributed by atoms with Gasteiger partial charge >= 0.3 is 6.18 Å². The van der Waals surface area contributed by atoms with Crippen LogP contribution in [0.3, 0.4) is 0 Å². The van der Waals surface area contributed by atoms with Gasteiger partial charge in [0.1, 0.15) is 11.9 Å². The third-order valence-corrected chi connectivity index (χ3v) is 5.53. The molecule has 0 saturated heterocycles. The van der Waals surface area contributed by atoms with Crippen molar-refractivity contribution in [3.05, 3.63) is 70.6 Å². The van der Waals surface area contributed by atoms with E-state index in [2.05, 4.69) is 20.5 Å². The Hall–Kier alpha value is -1.60. The van der Waals surface area contributed by atoms with Crippen molar-refractivity contribution >= 4 is 32.9 Å². The number of aromatic nitrogens is 2. The Labute approximate surface area is 180 Å². The molecule has 2 aromatic carbocycles. The molecule has 0 radical (unpaired) electrons. The fourth-order valence-electron chi connectivity index (χ4n) is 3.68. The molecule has 2 heterocycles. The molecule has 0 spiro atoms. The van der Waals surface area contributed by atoms with Gasteiger partial charge in [0.2, 0.25) is 0 Å². The number of halogens is 5. The predicted molar refractivity (Wildman–Crippen MR) is 112 cm³/mol. The Balaban J connectivity index is 0.00000225. The van der Waals surface area contributed by atoms with E-state index in [-0.39, 0.29) is 17.0 Å². The smallest absolute Gasteiger partial charge is 0.227 e. The topological polar surface area (TPSA) is 8.81 Å². The minimum atomic E-state index is -4.35. The summed E-state index contributed by atoms with van der Waals surface area (Å²) in [4.78, 5) is 0. The molecule has 0 N–H and O–H groups in total. The Morgan fingerprint density at radius 1 is 0.964 bits per heavy atom. The van der Waals surface area contributed by atoms with E-state index in [0.717, 1.165) is 59.8 Å². The van der Waals surface area contributed by atoms with Crippen LogP contribution in [0.2, 0.25) is 0 Å². The fraction of sp³-hybridized carbons (Fsp3) is 0.286. The van der Waals surface area contributed by atoms with Gasteiger partial charge in [-0.1, -0.05) is 22.0 Å².